The number of halogens is 1. The SMILES string of the molecule is C=C(Cl)CNC(=O)c1cc(CC)nn1C. The molecule has 4 nitrogen and oxygen atoms in total. The molecule has 82 valence electrons. The van der Waals surface area contributed by atoms with E-state index in [1.165, 1.54) is 0 Å². The lowest BCUT2D eigenvalue weighted by Gasteiger charge is -2.03. The topological polar surface area (TPSA) is 46.9 Å². The second kappa shape index (κ2) is 4.98. The Labute approximate surface area is 93.9 Å². The van der Waals surface area contributed by atoms with E-state index in [-0.39, 0.29) is 12.5 Å². The van der Waals surface area contributed by atoms with Gasteiger partial charge in [-0.2, -0.15) is 5.10 Å². The standard InChI is InChI=1S/C10H14ClN3O/c1-4-8-5-9(14(3)13-8)10(15)12-6-7(2)11/h5H,2,4,6H2,1,3H3,(H,12,15). The Hall–Kier alpha value is -1.29. The van der Waals surface area contributed by atoms with Gasteiger partial charge in [-0.05, 0) is 12.5 Å². The maximum Gasteiger partial charge on any atom is 0.269 e. The highest BCUT2D eigenvalue weighted by molar-refractivity contribution is 6.29. The molecule has 0 aromatic carbocycles. The van der Waals surface area contributed by atoms with Crippen molar-refractivity contribution in [2.24, 2.45) is 7.05 Å². The van der Waals surface area contributed by atoms with E-state index < -0.39 is 0 Å². The molecule has 0 aliphatic rings. The van der Waals surface area contributed by atoms with Crippen molar-refractivity contribution in [2.45, 2.75) is 13.3 Å². The third kappa shape index (κ3) is 3.09. The van der Waals surface area contributed by atoms with Crippen LogP contribution in [0.2, 0.25) is 0 Å². The molecule has 0 atom stereocenters. The van der Waals surface area contributed by atoms with Crippen molar-refractivity contribution in [1.82, 2.24) is 15.1 Å². The number of carbonyl (C=O) groups is 1. The van der Waals surface area contributed by atoms with Crippen LogP contribution in [-0.2, 0) is 13.5 Å². The van der Waals surface area contributed by atoms with Gasteiger partial charge in [0.05, 0.1) is 12.2 Å². The highest BCUT2D eigenvalue weighted by Crippen LogP contribution is 2.04. The lowest BCUT2D eigenvalue weighted by atomic mass is 10.3. The highest BCUT2D eigenvalue weighted by atomic mass is 35.5. The molecular weight excluding hydrogens is 214 g/mol. The summed E-state index contributed by atoms with van der Waals surface area (Å²) in [7, 11) is 1.74. The zero-order valence-corrected chi connectivity index (χ0v) is 9.64. The zero-order valence-electron chi connectivity index (χ0n) is 8.88. The molecule has 1 rings (SSSR count). The molecule has 1 N–H and O–H groups in total. The van der Waals surface area contributed by atoms with Crippen LogP contribution in [0.3, 0.4) is 0 Å². The predicted molar refractivity (Wildman–Crippen MR) is 59.9 cm³/mol. The summed E-state index contributed by atoms with van der Waals surface area (Å²) >= 11 is 5.55. The van der Waals surface area contributed by atoms with Crippen LogP contribution >= 0.6 is 11.6 Å². The van der Waals surface area contributed by atoms with E-state index in [4.69, 9.17) is 11.6 Å². The van der Waals surface area contributed by atoms with Crippen molar-refractivity contribution >= 4 is 17.5 Å². The number of nitrogens with one attached hydrogen (secondary N) is 1. The predicted octanol–water partition coefficient (Wildman–Crippen LogP) is 1.46. The van der Waals surface area contributed by atoms with Crippen molar-refractivity contribution in [3.8, 4) is 0 Å². The number of carbonyl (C=O) groups excluding carboxylic acids is 1. The maximum atomic E-state index is 11.6. The number of hydrogen-bond donors (Lipinski definition) is 1. The van der Waals surface area contributed by atoms with Gasteiger partial charge in [-0.1, -0.05) is 25.1 Å². The Morgan fingerprint density at radius 3 is 2.87 bits per heavy atom. The van der Waals surface area contributed by atoms with Gasteiger partial charge in [0.25, 0.3) is 5.91 Å². The summed E-state index contributed by atoms with van der Waals surface area (Å²) in [5.74, 6) is -0.188. The quantitative estimate of drug-likeness (QED) is 0.847. The van der Waals surface area contributed by atoms with E-state index >= 15 is 0 Å². The molecule has 0 aliphatic carbocycles. The molecule has 1 heterocycles. The van der Waals surface area contributed by atoms with Crippen molar-refractivity contribution in [3.05, 3.63) is 29.1 Å². The lowest BCUT2D eigenvalue weighted by Crippen LogP contribution is -2.26. The first kappa shape index (κ1) is 11.8. The minimum atomic E-state index is -0.188. The number of rotatable bonds is 4. The summed E-state index contributed by atoms with van der Waals surface area (Å²) in [6, 6.07) is 1.77. The van der Waals surface area contributed by atoms with Crippen LogP contribution in [0.25, 0.3) is 0 Å². The molecule has 0 saturated carbocycles. The molecule has 1 aromatic heterocycles. The third-order valence-corrected chi connectivity index (χ3v) is 2.10. The molecule has 0 saturated heterocycles. The molecule has 0 spiro atoms. The Kier molecular flexibility index (Phi) is 3.91. The first-order valence-corrected chi connectivity index (χ1v) is 5.06. The smallest absolute Gasteiger partial charge is 0.269 e. The van der Waals surface area contributed by atoms with Gasteiger partial charge in [-0.15, -0.1) is 0 Å². The fourth-order valence-electron chi connectivity index (χ4n) is 1.18. The Bertz CT molecular complexity index is 384. The number of aromatic nitrogens is 2. The van der Waals surface area contributed by atoms with Gasteiger partial charge in [0.15, 0.2) is 0 Å². The molecule has 0 bridgehead atoms. The van der Waals surface area contributed by atoms with Crippen LogP contribution in [0.5, 0.6) is 0 Å². The summed E-state index contributed by atoms with van der Waals surface area (Å²) in [6.07, 6.45) is 0.809. The summed E-state index contributed by atoms with van der Waals surface area (Å²) in [4.78, 5) is 11.6. The summed E-state index contributed by atoms with van der Waals surface area (Å²) in [5, 5.41) is 7.23. The minimum absolute atomic E-state index is 0.188. The van der Waals surface area contributed by atoms with Gasteiger partial charge in [-0.25, -0.2) is 0 Å². The molecular formula is C10H14ClN3O. The van der Waals surface area contributed by atoms with Crippen LogP contribution in [0.1, 0.15) is 23.1 Å². The average Bonchev–Trinajstić information content (AvgIpc) is 2.56. The van der Waals surface area contributed by atoms with E-state index in [0.717, 1.165) is 12.1 Å². The van der Waals surface area contributed by atoms with Gasteiger partial charge in [-0.3, -0.25) is 9.48 Å². The van der Waals surface area contributed by atoms with Gasteiger partial charge < -0.3 is 5.32 Å². The first-order chi connectivity index (χ1) is 7.04. The lowest BCUT2D eigenvalue weighted by molar-refractivity contribution is 0.0948. The summed E-state index contributed by atoms with van der Waals surface area (Å²) in [6.45, 7) is 5.75. The van der Waals surface area contributed by atoms with Crippen LogP contribution in [0, 0.1) is 0 Å². The first-order valence-electron chi connectivity index (χ1n) is 4.69. The van der Waals surface area contributed by atoms with Crippen LogP contribution < -0.4 is 5.32 Å². The molecule has 0 fully saturated rings. The van der Waals surface area contributed by atoms with E-state index in [2.05, 4.69) is 17.0 Å². The van der Waals surface area contributed by atoms with E-state index in [1.807, 2.05) is 6.92 Å². The Morgan fingerprint density at radius 1 is 1.73 bits per heavy atom. The summed E-state index contributed by atoms with van der Waals surface area (Å²) < 4.78 is 1.56. The maximum absolute atomic E-state index is 11.6. The minimum Gasteiger partial charge on any atom is -0.346 e. The zero-order chi connectivity index (χ0) is 11.4. The van der Waals surface area contributed by atoms with Gasteiger partial charge in [0, 0.05) is 12.1 Å². The largest absolute Gasteiger partial charge is 0.346 e. The van der Waals surface area contributed by atoms with Gasteiger partial charge in [0.2, 0.25) is 0 Å². The van der Waals surface area contributed by atoms with Gasteiger partial charge in [0.1, 0.15) is 5.69 Å². The highest BCUT2D eigenvalue weighted by Gasteiger charge is 2.11. The Balaban J connectivity index is 2.72. The normalized spacial score (nSPS) is 10.1. The van der Waals surface area contributed by atoms with E-state index in [0.29, 0.717) is 10.7 Å². The van der Waals surface area contributed by atoms with Crippen LogP contribution in [0.4, 0.5) is 0 Å². The molecule has 0 unspecified atom stereocenters. The number of amides is 1. The molecule has 15 heavy (non-hydrogen) atoms. The van der Waals surface area contributed by atoms with E-state index in [9.17, 15) is 4.79 Å². The second-order valence-corrected chi connectivity index (χ2v) is 3.73. The molecule has 0 radical (unpaired) electrons. The number of aryl methyl sites for hydroxylation is 2. The van der Waals surface area contributed by atoms with Crippen molar-refractivity contribution in [3.63, 3.8) is 0 Å². The van der Waals surface area contributed by atoms with Crippen molar-refractivity contribution < 1.29 is 4.79 Å². The fraction of sp³-hybridized carbons (Fsp3) is 0.400. The Morgan fingerprint density at radius 2 is 2.40 bits per heavy atom. The third-order valence-electron chi connectivity index (χ3n) is 1.97. The van der Waals surface area contributed by atoms with Crippen molar-refractivity contribution in [1.29, 1.82) is 0 Å². The fourth-order valence-corrected chi connectivity index (χ4v) is 1.25. The monoisotopic (exact) mass is 227 g/mol. The molecule has 1 aromatic rings. The molecule has 0 aliphatic heterocycles. The summed E-state index contributed by atoms with van der Waals surface area (Å²) in [5.41, 5.74) is 1.43. The number of hydrogen-bond acceptors (Lipinski definition) is 2. The molecule has 5 heteroatoms. The molecule has 1 amide bonds. The average molecular weight is 228 g/mol. The van der Waals surface area contributed by atoms with Crippen LogP contribution in [0.15, 0.2) is 17.7 Å². The van der Waals surface area contributed by atoms with Crippen molar-refractivity contribution in [2.75, 3.05) is 6.54 Å². The number of nitrogens with zero attached hydrogens (tertiary/aromatic N) is 2. The second-order valence-electron chi connectivity index (χ2n) is 3.20. The van der Waals surface area contributed by atoms with Crippen LogP contribution in [-0.4, -0.2) is 22.2 Å². The van der Waals surface area contributed by atoms with Gasteiger partial charge >= 0.3 is 0 Å². The van der Waals surface area contributed by atoms with E-state index in [1.54, 1.807) is 17.8 Å².